The van der Waals surface area contributed by atoms with Gasteiger partial charge in [0.15, 0.2) is 0 Å². The number of nitrogens with zero attached hydrogens (tertiary/aromatic N) is 2. The SMILES string of the molecule is C#CCCn1nc(C)cc1C. The quantitative estimate of drug-likeness (QED) is 0.581. The second kappa shape index (κ2) is 3.25. The van der Waals surface area contributed by atoms with Crippen molar-refractivity contribution >= 4 is 0 Å². The molecule has 1 heterocycles. The monoisotopic (exact) mass is 148 g/mol. The van der Waals surface area contributed by atoms with Gasteiger partial charge in [-0.15, -0.1) is 12.3 Å². The fraction of sp³-hybridized carbons (Fsp3) is 0.444. The molecule has 0 unspecified atom stereocenters. The third-order valence-electron chi connectivity index (χ3n) is 1.57. The van der Waals surface area contributed by atoms with Crippen molar-refractivity contribution in [1.82, 2.24) is 9.78 Å². The van der Waals surface area contributed by atoms with E-state index in [-0.39, 0.29) is 0 Å². The van der Waals surface area contributed by atoms with Crippen LogP contribution in [0.2, 0.25) is 0 Å². The molecular weight excluding hydrogens is 136 g/mol. The van der Waals surface area contributed by atoms with Crippen LogP contribution < -0.4 is 0 Å². The van der Waals surface area contributed by atoms with Crippen molar-refractivity contribution in [2.24, 2.45) is 0 Å². The molecule has 0 radical (unpaired) electrons. The summed E-state index contributed by atoms with van der Waals surface area (Å²) >= 11 is 0. The van der Waals surface area contributed by atoms with Gasteiger partial charge in [0.25, 0.3) is 0 Å². The lowest BCUT2D eigenvalue weighted by Crippen LogP contribution is -2.01. The fourth-order valence-electron chi connectivity index (χ4n) is 1.07. The molecule has 0 fully saturated rings. The minimum absolute atomic E-state index is 0.752. The van der Waals surface area contributed by atoms with Crippen molar-refractivity contribution in [3.8, 4) is 12.3 Å². The molecule has 0 aliphatic rings. The third kappa shape index (κ3) is 1.84. The first-order chi connectivity index (χ1) is 5.24. The summed E-state index contributed by atoms with van der Waals surface area (Å²) < 4.78 is 1.94. The lowest BCUT2D eigenvalue weighted by Gasteiger charge is -1.98. The average molecular weight is 148 g/mol. The lowest BCUT2D eigenvalue weighted by molar-refractivity contribution is 0.608. The van der Waals surface area contributed by atoms with Gasteiger partial charge >= 0.3 is 0 Å². The largest absolute Gasteiger partial charge is 0.269 e. The predicted octanol–water partition coefficient (Wildman–Crippen LogP) is 1.52. The van der Waals surface area contributed by atoms with Crippen LogP contribution in [0.5, 0.6) is 0 Å². The van der Waals surface area contributed by atoms with Crippen LogP contribution in [0.4, 0.5) is 0 Å². The fourth-order valence-corrected chi connectivity index (χ4v) is 1.07. The van der Waals surface area contributed by atoms with Gasteiger partial charge in [-0.25, -0.2) is 0 Å². The Morgan fingerprint density at radius 2 is 2.36 bits per heavy atom. The zero-order valence-corrected chi connectivity index (χ0v) is 6.96. The van der Waals surface area contributed by atoms with Crippen LogP contribution in [0.25, 0.3) is 0 Å². The molecule has 0 spiro atoms. The molecule has 11 heavy (non-hydrogen) atoms. The maximum atomic E-state index is 5.14. The number of aromatic nitrogens is 2. The summed E-state index contributed by atoms with van der Waals surface area (Å²) in [5.41, 5.74) is 2.23. The van der Waals surface area contributed by atoms with E-state index >= 15 is 0 Å². The van der Waals surface area contributed by atoms with Crippen molar-refractivity contribution in [1.29, 1.82) is 0 Å². The van der Waals surface area contributed by atoms with Gasteiger partial charge in [0, 0.05) is 12.1 Å². The highest BCUT2D eigenvalue weighted by molar-refractivity contribution is 5.06. The van der Waals surface area contributed by atoms with E-state index < -0.39 is 0 Å². The van der Waals surface area contributed by atoms with Crippen LogP contribution in [-0.4, -0.2) is 9.78 Å². The van der Waals surface area contributed by atoms with Crippen molar-refractivity contribution in [3.63, 3.8) is 0 Å². The zero-order chi connectivity index (χ0) is 8.27. The van der Waals surface area contributed by atoms with Gasteiger partial charge in [-0.1, -0.05) is 0 Å². The summed E-state index contributed by atoms with van der Waals surface area (Å²) in [7, 11) is 0. The Kier molecular flexibility index (Phi) is 2.32. The van der Waals surface area contributed by atoms with Crippen LogP contribution in [0.3, 0.4) is 0 Å². The van der Waals surface area contributed by atoms with Gasteiger partial charge in [0.1, 0.15) is 0 Å². The second-order valence-corrected chi connectivity index (χ2v) is 2.60. The Hall–Kier alpha value is -1.23. The van der Waals surface area contributed by atoms with Crippen LogP contribution in [0.15, 0.2) is 6.07 Å². The van der Waals surface area contributed by atoms with E-state index in [1.807, 2.05) is 18.5 Å². The highest BCUT2D eigenvalue weighted by Gasteiger charge is 1.97. The molecule has 0 bridgehead atoms. The molecule has 1 aromatic rings. The van der Waals surface area contributed by atoms with Crippen LogP contribution >= 0.6 is 0 Å². The Morgan fingerprint density at radius 1 is 1.64 bits per heavy atom. The Morgan fingerprint density at radius 3 is 2.82 bits per heavy atom. The molecular formula is C9H12N2. The number of hydrogen-bond donors (Lipinski definition) is 0. The van der Waals surface area contributed by atoms with Crippen molar-refractivity contribution in [2.75, 3.05) is 0 Å². The Balaban J connectivity index is 2.71. The van der Waals surface area contributed by atoms with E-state index in [0.29, 0.717) is 0 Å². The molecule has 0 amide bonds. The van der Waals surface area contributed by atoms with Crippen LogP contribution in [0, 0.1) is 26.2 Å². The zero-order valence-electron chi connectivity index (χ0n) is 6.96. The third-order valence-corrected chi connectivity index (χ3v) is 1.57. The lowest BCUT2D eigenvalue weighted by atomic mass is 10.4. The minimum atomic E-state index is 0.752. The molecule has 0 aromatic carbocycles. The predicted molar refractivity (Wildman–Crippen MR) is 45.2 cm³/mol. The number of terminal acetylenes is 1. The standard InChI is InChI=1S/C9H12N2/c1-4-5-6-11-9(3)7-8(2)10-11/h1,7H,5-6H2,2-3H3. The number of rotatable bonds is 2. The topological polar surface area (TPSA) is 17.8 Å². The molecule has 0 aliphatic carbocycles. The second-order valence-electron chi connectivity index (χ2n) is 2.60. The minimum Gasteiger partial charge on any atom is -0.269 e. The molecule has 1 aromatic heterocycles. The summed E-state index contributed by atoms with van der Waals surface area (Å²) in [6, 6.07) is 2.05. The smallest absolute Gasteiger partial charge is 0.0596 e. The summed E-state index contributed by atoms with van der Waals surface area (Å²) in [5.74, 6) is 2.59. The molecule has 0 saturated heterocycles. The first-order valence-corrected chi connectivity index (χ1v) is 3.68. The molecule has 0 atom stereocenters. The normalized spacial score (nSPS) is 9.55. The summed E-state index contributed by atoms with van der Waals surface area (Å²) in [6.07, 6.45) is 5.89. The van der Waals surface area contributed by atoms with Crippen LogP contribution in [-0.2, 0) is 6.54 Å². The van der Waals surface area contributed by atoms with E-state index in [1.54, 1.807) is 0 Å². The van der Waals surface area contributed by atoms with E-state index in [1.165, 1.54) is 5.69 Å². The first kappa shape index (κ1) is 7.87. The van der Waals surface area contributed by atoms with Crippen molar-refractivity contribution in [2.45, 2.75) is 26.8 Å². The maximum absolute atomic E-state index is 5.14. The maximum Gasteiger partial charge on any atom is 0.0596 e. The van der Waals surface area contributed by atoms with Crippen molar-refractivity contribution in [3.05, 3.63) is 17.5 Å². The van der Waals surface area contributed by atoms with E-state index in [9.17, 15) is 0 Å². The highest BCUT2D eigenvalue weighted by Crippen LogP contribution is 2.01. The van der Waals surface area contributed by atoms with E-state index in [4.69, 9.17) is 6.42 Å². The van der Waals surface area contributed by atoms with Gasteiger partial charge in [-0.05, 0) is 19.9 Å². The van der Waals surface area contributed by atoms with E-state index in [0.717, 1.165) is 18.7 Å². The van der Waals surface area contributed by atoms with Gasteiger partial charge in [0.05, 0.1) is 12.2 Å². The van der Waals surface area contributed by atoms with Gasteiger partial charge in [-0.3, -0.25) is 4.68 Å². The Labute approximate surface area is 67.2 Å². The van der Waals surface area contributed by atoms with Crippen molar-refractivity contribution < 1.29 is 0 Å². The Bertz CT molecular complexity index is 278. The molecule has 0 aliphatic heterocycles. The number of hydrogen-bond acceptors (Lipinski definition) is 1. The number of aryl methyl sites for hydroxylation is 3. The average Bonchev–Trinajstić information content (AvgIpc) is 2.26. The molecule has 0 N–H and O–H groups in total. The molecule has 0 saturated carbocycles. The highest BCUT2D eigenvalue weighted by atomic mass is 15.3. The molecule has 2 heteroatoms. The molecule has 1 rings (SSSR count). The van der Waals surface area contributed by atoms with Gasteiger partial charge in [0.2, 0.25) is 0 Å². The van der Waals surface area contributed by atoms with Gasteiger partial charge in [-0.2, -0.15) is 5.10 Å². The molecule has 2 nitrogen and oxygen atoms in total. The molecule has 58 valence electrons. The summed E-state index contributed by atoms with van der Waals surface area (Å²) in [5, 5.41) is 4.27. The van der Waals surface area contributed by atoms with Crippen LogP contribution in [0.1, 0.15) is 17.8 Å². The van der Waals surface area contributed by atoms with Gasteiger partial charge < -0.3 is 0 Å². The summed E-state index contributed by atoms with van der Waals surface area (Å²) in [4.78, 5) is 0. The van der Waals surface area contributed by atoms with E-state index in [2.05, 4.69) is 17.1 Å². The summed E-state index contributed by atoms with van der Waals surface area (Å²) in [6.45, 7) is 4.85. The first-order valence-electron chi connectivity index (χ1n) is 3.68.